The van der Waals surface area contributed by atoms with Crippen LogP contribution in [0.15, 0.2) is 30.4 Å². The quantitative estimate of drug-likeness (QED) is 0.184. The molecule has 3 N–H and O–H groups in total. The van der Waals surface area contributed by atoms with Gasteiger partial charge in [-0.1, -0.05) is 31.1 Å². The zero-order chi connectivity index (χ0) is 44.2. The van der Waals surface area contributed by atoms with Gasteiger partial charge in [-0.3, -0.25) is 24.0 Å². The molecule has 7 rings (SSSR count). The zero-order valence-corrected chi connectivity index (χ0v) is 36.4. The molecule has 4 aliphatic heterocycles. The van der Waals surface area contributed by atoms with E-state index in [2.05, 4.69) is 15.4 Å². The number of carbonyl (C=O) groups excluding carboxylic acids is 6. The minimum atomic E-state index is -3.94. The van der Waals surface area contributed by atoms with Crippen molar-refractivity contribution < 1.29 is 60.9 Å². The van der Waals surface area contributed by atoms with E-state index < -0.39 is 86.5 Å². The summed E-state index contributed by atoms with van der Waals surface area (Å²) in [5, 5.41) is 4.85. The number of fused-ring (bicyclic) bond motifs is 3. The molecule has 2 saturated heterocycles. The van der Waals surface area contributed by atoms with Crippen molar-refractivity contribution in [3.05, 3.63) is 41.5 Å². The maximum absolute atomic E-state index is 14.5. The first-order chi connectivity index (χ1) is 29.5. The SMILES string of the molecule is CC(C)(C)OC(=O)N[C@H]1CCCCCC=C[C@@H]2C[C@@]2(C(=O)NS(=O)(=O)C2CC2)NC(=O)C2C[C@@H](OC(=O)N3Cc4ccc(OCCOC(=O)N5CCOCC5)cc4C3)CN2C1=O. The monoisotopic (exact) mass is 886 g/mol. The van der Waals surface area contributed by atoms with E-state index in [-0.39, 0.29) is 52.1 Å². The minimum Gasteiger partial charge on any atom is -0.490 e. The van der Waals surface area contributed by atoms with Crippen LogP contribution in [0.3, 0.4) is 0 Å². The Hall–Kier alpha value is -5.11. The van der Waals surface area contributed by atoms with Crippen molar-refractivity contribution >= 4 is 46.0 Å². The fourth-order valence-electron chi connectivity index (χ4n) is 8.23. The summed E-state index contributed by atoms with van der Waals surface area (Å²) >= 11 is 0. The van der Waals surface area contributed by atoms with Crippen LogP contribution in [0.1, 0.15) is 89.7 Å². The maximum Gasteiger partial charge on any atom is 0.410 e. The second-order valence-electron chi connectivity index (χ2n) is 17.8. The number of morpholine rings is 1. The predicted octanol–water partition coefficient (Wildman–Crippen LogP) is 2.85. The summed E-state index contributed by atoms with van der Waals surface area (Å²) in [6, 6.07) is 3.10. The third kappa shape index (κ3) is 11.1. The van der Waals surface area contributed by atoms with E-state index in [1.54, 1.807) is 31.7 Å². The van der Waals surface area contributed by atoms with Crippen molar-refractivity contribution in [2.75, 3.05) is 46.1 Å². The fourth-order valence-corrected chi connectivity index (χ4v) is 9.59. The summed E-state index contributed by atoms with van der Waals surface area (Å²) in [5.41, 5.74) is -0.709. The second-order valence-corrected chi connectivity index (χ2v) is 19.8. The number of ether oxygens (including phenoxy) is 5. The average Bonchev–Trinajstić information content (AvgIpc) is 4.11. The number of sulfonamides is 1. The maximum atomic E-state index is 14.5. The molecule has 20 heteroatoms. The van der Waals surface area contributed by atoms with Crippen LogP contribution in [0.2, 0.25) is 0 Å². The molecular formula is C42H58N6O13S. The van der Waals surface area contributed by atoms with Gasteiger partial charge >= 0.3 is 18.3 Å². The Labute approximate surface area is 361 Å². The molecule has 1 aromatic rings. The number of nitrogens with zero attached hydrogens (tertiary/aromatic N) is 3. The van der Waals surface area contributed by atoms with Crippen LogP contribution >= 0.6 is 0 Å². The zero-order valence-electron chi connectivity index (χ0n) is 35.6. The summed E-state index contributed by atoms with van der Waals surface area (Å²) in [7, 11) is -3.94. The minimum absolute atomic E-state index is 0.0532. The highest BCUT2D eigenvalue weighted by molar-refractivity contribution is 7.91. The molecule has 0 spiro atoms. The van der Waals surface area contributed by atoms with Gasteiger partial charge in [0.1, 0.15) is 48.3 Å². The number of benzene rings is 1. The van der Waals surface area contributed by atoms with Gasteiger partial charge in [0.15, 0.2) is 0 Å². The molecule has 1 aromatic carbocycles. The fraction of sp³-hybridized carbons (Fsp3) is 0.667. The van der Waals surface area contributed by atoms with E-state index in [1.165, 1.54) is 9.80 Å². The van der Waals surface area contributed by atoms with Gasteiger partial charge in [-0.15, -0.1) is 0 Å². The molecule has 0 radical (unpaired) electrons. The van der Waals surface area contributed by atoms with E-state index in [9.17, 15) is 37.2 Å². The highest BCUT2D eigenvalue weighted by atomic mass is 32.2. The van der Waals surface area contributed by atoms with Gasteiger partial charge < -0.3 is 44.1 Å². The summed E-state index contributed by atoms with van der Waals surface area (Å²) in [4.78, 5) is 85.9. The summed E-state index contributed by atoms with van der Waals surface area (Å²) in [6.45, 7) is 7.43. The molecule has 5 atom stereocenters. The van der Waals surface area contributed by atoms with Crippen molar-refractivity contribution in [2.45, 2.75) is 126 Å². The van der Waals surface area contributed by atoms with Crippen molar-refractivity contribution in [1.29, 1.82) is 0 Å². The number of hydrogen-bond acceptors (Lipinski definition) is 13. The van der Waals surface area contributed by atoms with Crippen molar-refractivity contribution in [3.63, 3.8) is 0 Å². The van der Waals surface area contributed by atoms with Gasteiger partial charge in [0.2, 0.25) is 21.8 Å². The molecule has 62 heavy (non-hydrogen) atoms. The molecule has 0 aromatic heterocycles. The molecule has 19 nitrogen and oxygen atoms in total. The predicted molar refractivity (Wildman–Crippen MR) is 220 cm³/mol. The lowest BCUT2D eigenvalue weighted by atomic mass is 10.0. The van der Waals surface area contributed by atoms with E-state index >= 15 is 0 Å². The normalized spacial score (nSPS) is 26.7. The Morgan fingerprint density at radius 2 is 1.71 bits per heavy atom. The summed E-state index contributed by atoms with van der Waals surface area (Å²) in [5.74, 6) is -2.08. The Morgan fingerprint density at radius 1 is 0.952 bits per heavy atom. The second kappa shape index (κ2) is 18.7. The number of carbonyl (C=O) groups is 6. The van der Waals surface area contributed by atoms with Gasteiger partial charge in [0.05, 0.1) is 25.0 Å². The number of nitrogens with one attached hydrogen (secondary N) is 3. The van der Waals surface area contributed by atoms with Gasteiger partial charge in [-0.2, -0.15) is 0 Å². The third-order valence-corrected chi connectivity index (χ3v) is 13.6. The summed E-state index contributed by atoms with van der Waals surface area (Å²) < 4.78 is 55.8. The Kier molecular flexibility index (Phi) is 13.6. The van der Waals surface area contributed by atoms with E-state index in [4.69, 9.17) is 23.7 Å². The van der Waals surface area contributed by atoms with Crippen LogP contribution in [0, 0.1) is 5.92 Å². The first kappa shape index (κ1) is 44.9. The topological polar surface area (TPSA) is 229 Å². The number of alkyl carbamates (subject to hydrolysis) is 1. The molecular weight excluding hydrogens is 829 g/mol. The number of rotatable bonds is 9. The van der Waals surface area contributed by atoms with E-state index in [0.29, 0.717) is 57.7 Å². The van der Waals surface area contributed by atoms with Gasteiger partial charge in [0.25, 0.3) is 5.91 Å². The van der Waals surface area contributed by atoms with Crippen LogP contribution in [0.5, 0.6) is 5.75 Å². The number of amides is 6. The standard InChI is InChI=1S/C42H58N6O13S/c1-41(2,3)61-38(52)43-33-10-8-6-4-5-7-9-29-23-42(29,37(51)45-62(55,56)32-13-14-32)44-35(49)34-22-31(26-48(34)36(33)50)60-40(54)47-24-27-11-12-30(21-28(27)25-47)58-19-20-59-39(53)46-15-17-57-18-16-46/h7,9,11-12,21,29,31-34H,4-6,8,10,13-20,22-26H2,1-3H3,(H,43,52)(H,44,49)(H,45,51)/t29-,31-,33+,34?,42-/m1/s1. The van der Waals surface area contributed by atoms with Crippen LogP contribution in [-0.4, -0.2) is 140 Å². The third-order valence-electron chi connectivity index (χ3n) is 11.8. The average molecular weight is 887 g/mol. The van der Waals surface area contributed by atoms with Crippen LogP contribution in [0.25, 0.3) is 0 Å². The van der Waals surface area contributed by atoms with Gasteiger partial charge in [-0.05, 0) is 82.6 Å². The number of allylic oxidation sites excluding steroid dienone is 1. The molecule has 0 bridgehead atoms. The van der Waals surface area contributed by atoms with Crippen molar-refractivity contribution in [2.24, 2.45) is 5.92 Å². The lowest BCUT2D eigenvalue weighted by Gasteiger charge is -2.30. The molecule has 340 valence electrons. The van der Waals surface area contributed by atoms with E-state index in [0.717, 1.165) is 24.0 Å². The van der Waals surface area contributed by atoms with Crippen LogP contribution < -0.4 is 20.1 Å². The first-order valence-corrected chi connectivity index (χ1v) is 23.1. The Balaban J connectivity index is 1.03. The van der Waals surface area contributed by atoms with Gasteiger partial charge in [0, 0.05) is 38.5 Å². The highest BCUT2D eigenvalue weighted by Crippen LogP contribution is 2.46. The largest absolute Gasteiger partial charge is 0.490 e. The highest BCUT2D eigenvalue weighted by Gasteiger charge is 2.62. The Morgan fingerprint density at radius 3 is 2.45 bits per heavy atom. The lowest BCUT2D eigenvalue weighted by Crippen LogP contribution is -2.58. The molecule has 4 fully saturated rings. The number of hydrogen-bond donors (Lipinski definition) is 3. The Bertz CT molecular complexity index is 2030. The first-order valence-electron chi connectivity index (χ1n) is 21.6. The van der Waals surface area contributed by atoms with Crippen molar-refractivity contribution in [3.8, 4) is 5.75 Å². The molecule has 6 amide bonds. The van der Waals surface area contributed by atoms with Crippen molar-refractivity contribution in [1.82, 2.24) is 30.1 Å². The molecule has 6 aliphatic rings. The summed E-state index contributed by atoms with van der Waals surface area (Å²) in [6.07, 6.45) is 4.79. The lowest BCUT2D eigenvalue weighted by molar-refractivity contribution is -0.141. The molecule has 2 saturated carbocycles. The van der Waals surface area contributed by atoms with Crippen LogP contribution in [-0.2, 0) is 56.4 Å². The van der Waals surface area contributed by atoms with E-state index in [1.807, 2.05) is 24.3 Å². The molecule has 1 unspecified atom stereocenters. The van der Waals surface area contributed by atoms with Gasteiger partial charge in [-0.25, -0.2) is 22.8 Å². The van der Waals surface area contributed by atoms with Crippen LogP contribution in [0.4, 0.5) is 14.4 Å². The molecule has 4 heterocycles. The smallest absolute Gasteiger partial charge is 0.410 e. The molecule has 2 aliphatic carbocycles.